The molecule has 0 aromatic carbocycles. The van der Waals surface area contributed by atoms with Crippen molar-refractivity contribution >= 4 is 11.6 Å². The maximum atomic E-state index is 12.6. The van der Waals surface area contributed by atoms with Gasteiger partial charge in [-0.2, -0.15) is 4.39 Å². The minimum Gasteiger partial charge on any atom is -0.330 e. The van der Waals surface area contributed by atoms with E-state index in [0.717, 1.165) is 0 Å². The number of rotatable bonds is 2. The van der Waals surface area contributed by atoms with Crippen LogP contribution in [0.3, 0.4) is 0 Å². The minimum absolute atomic E-state index is 0.0470. The summed E-state index contributed by atoms with van der Waals surface area (Å²) in [6.45, 7) is 0.466. The van der Waals surface area contributed by atoms with E-state index in [1.165, 1.54) is 6.07 Å². The zero-order valence-corrected chi connectivity index (χ0v) is 6.61. The molecule has 0 spiro atoms. The molecule has 1 aromatic rings. The summed E-state index contributed by atoms with van der Waals surface area (Å²) in [7, 11) is 0. The van der Waals surface area contributed by atoms with Crippen molar-refractivity contribution in [2.45, 2.75) is 6.42 Å². The van der Waals surface area contributed by atoms with Crippen molar-refractivity contribution < 1.29 is 4.39 Å². The molecule has 0 aliphatic rings. The molecular weight excluding hydrogens is 167 g/mol. The molecule has 0 aliphatic heterocycles. The van der Waals surface area contributed by atoms with Crippen molar-refractivity contribution in [1.82, 2.24) is 4.98 Å². The molecule has 4 heteroatoms. The summed E-state index contributed by atoms with van der Waals surface area (Å²) in [4.78, 5) is 3.58. The van der Waals surface area contributed by atoms with Gasteiger partial charge in [0.05, 0.1) is 5.02 Å². The molecule has 11 heavy (non-hydrogen) atoms. The molecule has 0 unspecified atom stereocenters. The smallest absolute Gasteiger partial charge is 0.231 e. The van der Waals surface area contributed by atoms with E-state index in [1.807, 2.05) is 0 Å². The van der Waals surface area contributed by atoms with Crippen molar-refractivity contribution in [2.75, 3.05) is 6.54 Å². The maximum absolute atomic E-state index is 12.6. The first kappa shape index (κ1) is 8.43. The number of halogens is 2. The van der Waals surface area contributed by atoms with Crippen LogP contribution < -0.4 is 5.73 Å². The second-order valence-corrected chi connectivity index (χ2v) is 2.52. The molecule has 0 bridgehead atoms. The molecule has 2 nitrogen and oxygen atoms in total. The molecule has 0 aliphatic carbocycles. The molecule has 1 heterocycles. The third kappa shape index (κ3) is 2.13. The molecule has 1 aromatic heterocycles. The summed E-state index contributed by atoms with van der Waals surface area (Å²) < 4.78 is 12.6. The van der Waals surface area contributed by atoms with Gasteiger partial charge in [-0.1, -0.05) is 11.6 Å². The SMILES string of the molecule is NCCc1ccc(Cl)c(F)n1. The first-order chi connectivity index (χ1) is 5.24. The van der Waals surface area contributed by atoms with E-state index in [2.05, 4.69) is 4.98 Å². The second kappa shape index (κ2) is 3.64. The lowest BCUT2D eigenvalue weighted by molar-refractivity contribution is 0.577. The molecule has 2 N–H and O–H groups in total. The van der Waals surface area contributed by atoms with Crippen LogP contribution in [-0.4, -0.2) is 11.5 Å². The molecule has 0 amide bonds. The monoisotopic (exact) mass is 174 g/mol. The minimum atomic E-state index is -0.627. The maximum Gasteiger partial charge on any atom is 0.231 e. The van der Waals surface area contributed by atoms with Crippen molar-refractivity contribution in [1.29, 1.82) is 0 Å². The van der Waals surface area contributed by atoms with Crippen LogP contribution in [0.2, 0.25) is 5.02 Å². The average Bonchev–Trinajstić information content (AvgIpc) is 1.98. The Morgan fingerprint density at radius 3 is 2.82 bits per heavy atom. The van der Waals surface area contributed by atoms with Crippen molar-refractivity contribution in [3.63, 3.8) is 0 Å². The predicted octanol–water partition coefficient (Wildman–Crippen LogP) is 1.38. The highest BCUT2D eigenvalue weighted by atomic mass is 35.5. The van der Waals surface area contributed by atoms with Gasteiger partial charge in [-0.25, -0.2) is 4.98 Å². The number of nitrogens with two attached hydrogens (primary N) is 1. The molecule has 0 atom stereocenters. The van der Waals surface area contributed by atoms with Crippen molar-refractivity contribution in [3.05, 3.63) is 28.8 Å². The van der Waals surface area contributed by atoms with Crippen molar-refractivity contribution in [3.8, 4) is 0 Å². The van der Waals surface area contributed by atoms with Gasteiger partial charge >= 0.3 is 0 Å². The van der Waals surface area contributed by atoms with Crippen molar-refractivity contribution in [2.24, 2.45) is 5.73 Å². The quantitative estimate of drug-likeness (QED) is 0.688. The van der Waals surface area contributed by atoms with Gasteiger partial charge in [0.15, 0.2) is 0 Å². The Kier molecular flexibility index (Phi) is 2.79. The highest BCUT2D eigenvalue weighted by molar-refractivity contribution is 6.30. The fraction of sp³-hybridized carbons (Fsp3) is 0.286. The third-order valence-electron chi connectivity index (χ3n) is 1.26. The molecule has 1 rings (SSSR count). The molecule has 0 saturated heterocycles. The van der Waals surface area contributed by atoms with Gasteiger partial charge < -0.3 is 5.73 Å². The number of pyridine rings is 1. The van der Waals surface area contributed by atoms with Crippen LogP contribution in [0.25, 0.3) is 0 Å². The Morgan fingerprint density at radius 1 is 1.55 bits per heavy atom. The Labute approximate surface area is 69.2 Å². The predicted molar refractivity (Wildman–Crippen MR) is 42.0 cm³/mol. The summed E-state index contributed by atoms with van der Waals surface area (Å²) in [6.07, 6.45) is 0.577. The summed E-state index contributed by atoms with van der Waals surface area (Å²) in [6, 6.07) is 3.15. The highest BCUT2D eigenvalue weighted by Gasteiger charge is 2.00. The molecular formula is C7H8ClFN2. The fourth-order valence-electron chi connectivity index (χ4n) is 0.742. The summed E-state index contributed by atoms with van der Waals surface area (Å²) in [5.41, 5.74) is 5.89. The van der Waals surface area contributed by atoms with Gasteiger partial charge in [-0.05, 0) is 18.7 Å². The Bertz CT molecular complexity index is 252. The standard InChI is InChI=1S/C7H8ClFN2/c8-6-2-1-5(3-4-10)11-7(6)9/h1-2H,3-4,10H2. The lowest BCUT2D eigenvalue weighted by Gasteiger charge is -1.97. The van der Waals surface area contributed by atoms with E-state index in [4.69, 9.17) is 17.3 Å². The van der Waals surface area contributed by atoms with Crippen LogP contribution in [0.4, 0.5) is 4.39 Å². The van der Waals surface area contributed by atoms with Crippen LogP contribution in [0.1, 0.15) is 5.69 Å². The highest BCUT2D eigenvalue weighted by Crippen LogP contribution is 2.11. The van der Waals surface area contributed by atoms with Crippen LogP contribution in [0.5, 0.6) is 0 Å². The molecule has 0 saturated carbocycles. The summed E-state index contributed by atoms with van der Waals surface area (Å²) in [5, 5.41) is 0.0470. The Balaban J connectivity index is 2.86. The summed E-state index contributed by atoms with van der Waals surface area (Å²) in [5.74, 6) is -0.627. The van der Waals surface area contributed by atoms with Gasteiger partial charge in [0, 0.05) is 12.1 Å². The number of hydrogen-bond acceptors (Lipinski definition) is 2. The number of nitrogens with zero attached hydrogens (tertiary/aromatic N) is 1. The second-order valence-electron chi connectivity index (χ2n) is 2.11. The van der Waals surface area contributed by atoms with Crippen LogP contribution >= 0.6 is 11.6 Å². The normalized spacial score (nSPS) is 10.1. The zero-order valence-electron chi connectivity index (χ0n) is 5.85. The molecule has 60 valence electrons. The van der Waals surface area contributed by atoms with E-state index in [1.54, 1.807) is 6.07 Å². The molecule has 0 fully saturated rings. The van der Waals surface area contributed by atoms with Gasteiger partial charge in [0.2, 0.25) is 5.95 Å². The van der Waals surface area contributed by atoms with E-state index in [0.29, 0.717) is 18.7 Å². The van der Waals surface area contributed by atoms with E-state index < -0.39 is 5.95 Å². The van der Waals surface area contributed by atoms with Gasteiger partial charge in [-0.15, -0.1) is 0 Å². The third-order valence-corrected chi connectivity index (χ3v) is 1.54. The van der Waals surface area contributed by atoms with Crippen LogP contribution in [-0.2, 0) is 6.42 Å². The lowest BCUT2D eigenvalue weighted by atomic mass is 10.3. The van der Waals surface area contributed by atoms with E-state index in [9.17, 15) is 4.39 Å². The number of aromatic nitrogens is 1. The zero-order chi connectivity index (χ0) is 8.27. The average molecular weight is 175 g/mol. The molecule has 0 radical (unpaired) electrons. The summed E-state index contributed by atoms with van der Waals surface area (Å²) >= 11 is 5.41. The van der Waals surface area contributed by atoms with Gasteiger partial charge in [0.25, 0.3) is 0 Å². The Hall–Kier alpha value is -0.670. The largest absolute Gasteiger partial charge is 0.330 e. The number of hydrogen-bond donors (Lipinski definition) is 1. The van der Waals surface area contributed by atoms with Gasteiger partial charge in [-0.3, -0.25) is 0 Å². The van der Waals surface area contributed by atoms with Gasteiger partial charge in [0.1, 0.15) is 0 Å². The first-order valence-corrected chi connectivity index (χ1v) is 3.63. The van der Waals surface area contributed by atoms with Crippen LogP contribution in [0, 0.1) is 5.95 Å². The van der Waals surface area contributed by atoms with E-state index >= 15 is 0 Å². The van der Waals surface area contributed by atoms with Crippen LogP contribution in [0.15, 0.2) is 12.1 Å². The Morgan fingerprint density at radius 2 is 2.27 bits per heavy atom. The first-order valence-electron chi connectivity index (χ1n) is 3.25. The van der Waals surface area contributed by atoms with E-state index in [-0.39, 0.29) is 5.02 Å². The lowest BCUT2D eigenvalue weighted by Crippen LogP contribution is -2.05. The fourth-order valence-corrected chi connectivity index (χ4v) is 0.847. The topological polar surface area (TPSA) is 38.9 Å².